The largest absolute Gasteiger partial charge is 0.798 e. The highest BCUT2D eigenvalue weighted by atomic mass is 31.2. The van der Waals surface area contributed by atoms with Gasteiger partial charge in [-0.1, -0.05) is 37.3 Å². The lowest BCUT2D eigenvalue weighted by atomic mass is 10.2. The molecule has 20 heavy (non-hydrogen) atoms. The fourth-order valence-electron chi connectivity index (χ4n) is 1.71. The SMILES string of the molecule is CCOC(=O)C(C)CP(=O)([O-])COCc1ccccc1. The average molecular weight is 299 g/mol. The number of hydrogen-bond donors (Lipinski definition) is 0. The number of hydrogen-bond acceptors (Lipinski definition) is 5. The van der Waals surface area contributed by atoms with Gasteiger partial charge in [-0.25, -0.2) is 0 Å². The summed E-state index contributed by atoms with van der Waals surface area (Å²) >= 11 is 0. The summed E-state index contributed by atoms with van der Waals surface area (Å²) in [7, 11) is -3.74. The molecule has 0 fully saturated rings. The average Bonchev–Trinajstić information content (AvgIpc) is 2.39. The maximum Gasteiger partial charge on any atom is 0.309 e. The van der Waals surface area contributed by atoms with Crippen molar-refractivity contribution in [1.29, 1.82) is 0 Å². The van der Waals surface area contributed by atoms with Gasteiger partial charge in [0.15, 0.2) is 0 Å². The van der Waals surface area contributed by atoms with Gasteiger partial charge in [0, 0.05) is 13.5 Å². The molecule has 1 rings (SSSR count). The van der Waals surface area contributed by atoms with E-state index in [9.17, 15) is 14.3 Å². The molecule has 0 aliphatic rings. The quantitative estimate of drug-likeness (QED) is 0.542. The summed E-state index contributed by atoms with van der Waals surface area (Å²) < 4.78 is 21.8. The Labute approximate surface area is 119 Å². The van der Waals surface area contributed by atoms with Gasteiger partial charge in [-0.3, -0.25) is 4.79 Å². The van der Waals surface area contributed by atoms with Crippen LogP contribution in [0.25, 0.3) is 0 Å². The number of benzene rings is 1. The third-order valence-electron chi connectivity index (χ3n) is 2.64. The molecule has 1 aromatic rings. The van der Waals surface area contributed by atoms with Gasteiger partial charge in [-0.15, -0.1) is 0 Å². The monoisotopic (exact) mass is 299 g/mol. The van der Waals surface area contributed by atoms with Crippen LogP contribution in [0.1, 0.15) is 19.4 Å². The van der Waals surface area contributed by atoms with Crippen LogP contribution in [0.15, 0.2) is 30.3 Å². The van der Waals surface area contributed by atoms with Crippen LogP contribution in [0.2, 0.25) is 0 Å². The molecule has 2 unspecified atom stereocenters. The highest BCUT2D eigenvalue weighted by molar-refractivity contribution is 7.56. The lowest BCUT2D eigenvalue weighted by Crippen LogP contribution is -2.23. The van der Waals surface area contributed by atoms with E-state index in [1.165, 1.54) is 0 Å². The molecule has 0 heterocycles. The Kier molecular flexibility index (Phi) is 6.93. The fourth-order valence-corrected chi connectivity index (χ4v) is 3.16. The Morgan fingerprint density at radius 1 is 1.35 bits per heavy atom. The minimum absolute atomic E-state index is 0.235. The summed E-state index contributed by atoms with van der Waals surface area (Å²) in [6, 6.07) is 9.31. The van der Waals surface area contributed by atoms with Gasteiger partial charge in [-0.2, -0.15) is 0 Å². The molecule has 0 saturated heterocycles. The van der Waals surface area contributed by atoms with Crippen molar-refractivity contribution in [1.82, 2.24) is 0 Å². The maximum absolute atomic E-state index is 11.8. The molecule has 0 amide bonds. The smallest absolute Gasteiger partial charge is 0.309 e. The second kappa shape index (κ2) is 8.20. The second-order valence-electron chi connectivity index (χ2n) is 4.61. The normalized spacial score (nSPS) is 15.3. The number of carbonyl (C=O) groups excluding carboxylic acids is 1. The van der Waals surface area contributed by atoms with E-state index in [-0.39, 0.29) is 25.7 Å². The van der Waals surface area contributed by atoms with Gasteiger partial charge >= 0.3 is 5.97 Å². The summed E-state index contributed by atoms with van der Waals surface area (Å²) in [5.41, 5.74) is 0.908. The predicted molar refractivity (Wildman–Crippen MR) is 74.4 cm³/mol. The molecule has 0 aromatic heterocycles. The van der Waals surface area contributed by atoms with Crippen molar-refractivity contribution in [3.8, 4) is 0 Å². The van der Waals surface area contributed by atoms with Crippen LogP contribution in [-0.4, -0.2) is 25.1 Å². The van der Waals surface area contributed by atoms with Crippen LogP contribution in [-0.2, 0) is 25.4 Å². The Morgan fingerprint density at radius 2 is 2.00 bits per heavy atom. The van der Waals surface area contributed by atoms with Crippen LogP contribution in [0, 0.1) is 5.92 Å². The molecule has 2 atom stereocenters. The van der Waals surface area contributed by atoms with Crippen molar-refractivity contribution in [2.45, 2.75) is 20.5 Å². The minimum atomic E-state index is -3.74. The van der Waals surface area contributed by atoms with Crippen molar-refractivity contribution >= 4 is 13.3 Å². The molecule has 0 radical (unpaired) electrons. The first-order valence-electron chi connectivity index (χ1n) is 6.52. The first kappa shape index (κ1) is 16.9. The van der Waals surface area contributed by atoms with Crippen LogP contribution in [0.3, 0.4) is 0 Å². The topological polar surface area (TPSA) is 75.7 Å². The lowest BCUT2D eigenvalue weighted by molar-refractivity contribution is -0.181. The third-order valence-corrected chi connectivity index (χ3v) is 4.32. The molecule has 0 bridgehead atoms. The van der Waals surface area contributed by atoms with E-state index in [1.807, 2.05) is 30.3 Å². The van der Waals surface area contributed by atoms with E-state index in [1.54, 1.807) is 13.8 Å². The maximum atomic E-state index is 11.8. The molecule has 0 N–H and O–H groups in total. The molecule has 0 saturated carbocycles. The summed E-state index contributed by atoms with van der Waals surface area (Å²) in [5.74, 6) is -1.16. The summed E-state index contributed by atoms with van der Waals surface area (Å²) in [6.45, 7) is 3.71. The highest BCUT2D eigenvalue weighted by Crippen LogP contribution is 2.38. The van der Waals surface area contributed by atoms with Crippen molar-refractivity contribution in [3.63, 3.8) is 0 Å². The number of rotatable bonds is 8. The summed E-state index contributed by atoms with van der Waals surface area (Å²) in [6.07, 6.45) is -0.605. The van der Waals surface area contributed by atoms with E-state index in [2.05, 4.69) is 0 Å². The molecule has 0 spiro atoms. The molecule has 6 heteroatoms. The molecule has 112 valence electrons. The van der Waals surface area contributed by atoms with Gasteiger partial charge < -0.3 is 18.9 Å². The van der Waals surface area contributed by atoms with E-state index >= 15 is 0 Å². The van der Waals surface area contributed by atoms with Crippen molar-refractivity contribution in [2.24, 2.45) is 5.92 Å². The zero-order valence-electron chi connectivity index (χ0n) is 11.8. The Bertz CT molecular complexity index is 460. The molecular weight excluding hydrogens is 279 g/mol. The van der Waals surface area contributed by atoms with E-state index in [0.717, 1.165) is 5.56 Å². The lowest BCUT2D eigenvalue weighted by Gasteiger charge is -2.25. The second-order valence-corrected chi connectivity index (χ2v) is 6.87. The molecule has 1 aromatic carbocycles. The van der Waals surface area contributed by atoms with Crippen LogP contribution in [0.4, 0.5) is 0 Å². The molecule has 0 aliphatic carbocycles. The number of esters is 1. The standard InChI is InChI=1S/C14H21O5P/c1-3-19-14(15)12(2)10-20(16,17)11-18-9-13-7-5-4-6-8-13/h4-8,12H,3,9-11H2,1-2H3,(H,16,17)/p-1. The summed E-state index contributed by atoms with van der Waals surface area (Å²) in [4.78, 5) is 23.2. The van der Waals surface area contributed by atoms with Crippen molar-refractivity contribution in [3.05, 3.63) is 35.9 Å². The minimum Gasteiger partial charge on any atom is -0.798 e. The zero-order valence-corrected chi connectivity index (χ0v) is 12.7. The van der Waals surface area contributed by atoms with Gasteiger partial charge in [0.25, 0.3) is 0 Å². The van der Waals surface area contributed by atoms with Crippen LogP contribution in [0.5, 0.6) is 0 Å². The van der Waals surface area contributed by atoms with E-state index < -0.39 is 19.3 Å². The predicted octanol–water partition coefficient (Wildman–Crippen LogP) is 2.00. The Hall–Kier alpha value is -1.16. The third kappa shape index (κ3) is 6.33. The fraction of sp³-hybridized carbons (Fsp3) is 0.500. The van der Waals surface area contributed by atoms with Gasteiger partial charge in [0.05, 0.1) is 25.5 Å². The van der Waals surface area contributed by atoms with E-state index in [4.69, 9.17) is 9.47 Å². The Morgan fingerprint density at radius 3 is 2.60 bits per heavy atom. The van der Waals surface area contributed by atoms with Crippen molar-refractivity contribution < 1.29 is 23.7 Å². The molecule has 0 aliphatic heterocycles. The summed E-state index contributed by atoms with van der Waals surface area (Å²) in [5, 5.41) is 0. The highest BCUT2D eigenvalue weighted by Gasteiger charge is 2.20. The first-order valence-corrected chi connectivity index (χ1v) is 8.51. The van der Waals surface area contributed by atoms with Crippen LogP contribution >= 0.6 is 7.37 Å². The molecule has 5 nitrogen and oxygen atoms in total. The van der Waals surface area contributed by atoms with Crippen molar-refractivity contribution in [2.75, 3.05) is 19.1 Å². The number of carbonyl (C=O) groups is 1. The van der Waals surface area contributed by atoms with Gasteiger partial charge in [0.2, 0.25) is 0 Å². The van der Waals surface area contributed by atoms with Gasteiger partial charge in [-0.05, 0) is 12.5 Å². The zero-order chi connectivity index (χ0) is 15.0. The van der Waals surface area contributed by atoms with Gasteiger partial charge in [0.1, 0.15) is 0 Å². The van der Waals surface area contributed by atoms with Crippen LogP contribution < -0.4 is 4.89 Å². The molecular formula is C14H20O5P-. The van der Waals surface area contributed by atoms with E-state index in [0.29, 0.717) is 0 Å². The number of ether oxygens (including phenoxy) is 2. The first-order chi connectivity index (χ1) is 9.44. The Balaban J connectivity index is 2.37.